The number of pyridine rings is 1. The van der Waals surface area contributed by atoms with Crippen molar-refractivity contribution >= 4 is 15.9 Å². The average Bonchev–Trinajstić information content (AvgIpc) is 2.47. The molecule has 1 amide bonds. The van der Waals surface area contributed by atoms with Crippen molar-refractivity contribution in [1.29, 1.82) is 0 Å². The van der Waals surface area contributed by atoms with Gasteiger partial charge < -0.3 is 4.90 Å². The fourth-order valence-corrected chi connectivity index (χ4v) is 3.09. The van der Waals surface area contributed by atoms with E-state index in [0.29, 0.717) is 31.9 Å². The van der Waals surface area contributed by atoms with Crippen molar-refractivity contribution in [2.24, 2.45) is 0 Å². The van der Waals surface area contributed by atoms with Gasteiger partial charge in [-0.2, -0.15) is 4.31 Å². The first kappa shape index (κ1) is 14.0. The minimum absolute atomic E-state index is 0.0984. The minimum atomic E-state index is -3.16. The van der Waals surface area contributed by atoms with Gasteiger partial charge in [-0.25, -0.2) is 8.42 Å². The van der Waals surface area contributed by atoms with E-state index in [1.54, 1.807) is 36.2 Å². The molecule has 1 fully saturated rings. The summed E-state index contributed by atoms with van der Waals surface area (Å²) in [7, 11) is -3.16. The van der Waals surface area contributed by atoms with E-state index in [-0.39, 0.29) is 11.7 Å². The number of hydrogen-bond donors (Lipinski definition) is 0. The van der Waals surface area contributed by atoms with E-state index in [1.807, 2.05) is 0 Å². The Labute approximate surface area is 113 Å². The van der Waals surface area contributed by atoms with Gasteiger partial charge in [0.25, 0.3) is 5.91 Å². The SMILES string of the molecule is CCS(=O)(=O)N1CCN(C(=O)c2ccccn2)CC1. The van der Waals surface area contributed by atoms with Crippen molar-refractivity contribution < 1.29 is 13.2 Å². The molecule has 0 aliphatic carbocycles. The predicted molar refractivity (Wildman–Crippen MR) is 71.2 cm³/mol. The maximum absolute atomic E-state index is 12.1. The van der Waals surface area contributed by atoms with Crippen LogP contribution in [0.3, 0.4) is 0 Å². The van der Waals surface area contributed by atoms with Crippen molar-refractivity contribution in [3.8, 4) is 0 Å². The number of nitrogens with zero attached hydrogens (tertiary/aromatic N) is 3. The van der Waals surface area contributed by atoms with Gasteiger partial charge in [0.05, 0.1) is 5.75 Å². The second-order valence-electron chi connectivity index (χ2n) is 4.31. The lowest BCUT2D eigenvalue weighted by molar-refractivity contribution is 0.0692. The van der Waals surface area contributed by atoms with Crippen LogP contribution in [0.2, 0.25) is 0 Å². The molecule has 104 valence electrons. The van der Waals surface area contributed by atoms with E-state index in [2.05, 4.69) is 4.98 Å². The molecule has 0 spiro atoms. The van der Waals surface area contributed by atoms with Crippen molar-refractivity contribution in [2.45, 2.75) is 6.92 Å². The van der Waals surface area contributed by atoms with Crippen LogP contribution in [0.25, 0.3) is 0 Å². The molecule has 2 rings (SSSR count). The minimum Gasteiger partial charge on any atom is -0.335 e. The zero-order valence-corrected chi connectivity index (χ0v) is 11.6. The van der Waals surface area contributed by atoms with E-state index in [9.17, 15) is 13.2 Å². The quantitative estimate of drug-likeness (QED) is 0.794. The standard InChI is InChI=1S/C12H17N3O3S/c1-2-19(17,18)15-9-7-14(8-10-15)12(16)11-5-3-4-6-13-11/h3-6H,2,7-10H2,1H3. The molecule has 0 bridgehead atoms. The molecule has 6 nitrogen and oxygen atoms in total. The number of piperazine rings is 1. The van der Waals surface area contributed by atoms with E-state index >= 15 is 0 Å². The highest BCUT2D eigenvalue weighted by atomic mass is 32.2. The molecule has 0 unspecified atom stereocenters. The molecule has 2 heterocycles. The first-order valence-corrected chi connectivity index (χ1v) is 7.83. The molecular formula is C12H17N3O3S. The van der Waals surface area contributed by atoms with Crippen LogP contribution in [0.15, 0.2) is 24.4 Å². The third-order valence-electron chi connectivity index (χ3n) is 3.17. The van der Waals surface area contributed by atoms with Crippen LogP contribution in [0, 0.1) is 0 Å². The number of rotatable bonds is 3. The van der Waals surface area contributed by atoms with Crippen molar-refractivity contribution in [3.63, 3.8) is 0 Å². The maximum atomic E-state index is 12.1. The van der Waals surface area contributed by atoms with Gasteiger partial charge in [-0.3, -0.25) is 9.78 Å². The van der Waals surface area contributed by atoms with Gasteiger partial charge in [0.2, 0.25) is 10.0 Å². The largest absolute Gasteiger partial charge is 0.335 e. The monoisotopic (exact) mass is 283 g/mol. The van der Waals surface area contributed by atoms with Crippen LogP contribution in [0.1, 0.15) is 17.4 Å². The molecule has 1 aliphatic heterocycles. The van der Waals surface area contributed by atoms with Gasteiger partial charge in [-0.1, -0.05) is 6.07 Å². The summed E-state index contributed by atoms with van der Waals surface area (Å²) < 4.78 is 24.9. The Morgan fingerprint density at radius 1 is 1.26 bits per heavy atom. The Morgan fingerprint density at radius 2 is 1.95 bits per heavy atom. The molecule has 19 heavy (non-hydrogen) atoms. The highest BCUT2D eigenvalue weighted by Crippen LogP contribution is 2.10. The number of aromatic nitrogens is 1. The van der Waals surface area contributed by atoms with E-state index in [4.69, 9.17) is 0 Å². The summed E-state index contributed by atoms with van der Waals surface area (Å²) in [4.78, 5) is 17.8. The van der Waals surface area contributed by atoms with Crippen LogP contribution in [0.5, 0.6) is 0 Å². The van der Waals surface area contributed by atoms with E-state index < -0.39 is 10.0 Å². The van der Waals surface area contributed by atoms with Gasteiger partial charge >= 0.3 is 0 Å². The van der Waals surface area contributed by atoms with Crippen LogP contribution in [0.4, 0.5) is 0 Å². The predicted octanol–water partition coefficient (Wildman–Crippen LogP) is 0.189. The molecule has 1 aromatic heterocycles. The fourth-order valence-electron chi connectivity index (χ4n) is 2.00. The van der Waals surface area contributed by atoms with Crippen molar-refractivity contribution in [2.75, 3.05) is 31.9 Å². The van der Waals surface area contributed by atoms with Gasteiger partial charge in [-0.05, 0) is 19.1 Å². The van der Waals surface area contributed by atoms with Crippen molar-refractivity contribution in [1.82, 2.24) is 14.2 Å². The second-order valence-corrected chi connectivity index (χ2v) is 6.56. The summed E-state index contributed by atoms with van der Waals surface area (Å²) in [5, 5.41) is 0. The third-order valence-corrected chi connectivity index (χ3v) is 5.05. The van der Waals surface area contributed by atoms with Gasteiger partial charge in [0, 0.05) is 32.4 Å². The molecule has 1 aromatic rings. The number of amides is 1. The molecule has 0 aromatic carbocycles. The lowest BCUT2D eigenvalue weighted by Gasteiger charge is -2.33. The fraction of sp³-hybridized carbons (Fsp3) is 0.500. The van der Waals surface area contributed by atoms with E-state index in [0.717, 1.165) is 0 Å². The van der Waals surface area contributed by atoms with Gasteiger partial charge in [0.15, 0.2) is 0 Å². The van der Waals surface area contributed by atoms with Crippen molar-refractivity contribution in [3.05, 3.63) is 30.1 Å². The Balaban J connectivity index is 1.99. The van der Waals surface area contributed by atoms with Crippen LogP contribution < -0.4 is 0 Å². The summed E-state index contributed by atoms with van der Waals surface area (Å²) in [5.41, 5.74) is 0.397. The first-order chi connectivity index (χ1) is 9.04. The summed E-state index contributed by atoms with van der Waals surface area (Å²) in [6.07, 6.45) is 1.57. The Kier molecular flexibility index (Phi) is 4.16. The number of hydrogen-bond acceptors (Lipinski definition) is 4. The zero-order chi connectivity index (χ0) is 13.9. The third kappa shape index (κ3) is 3.10. The molecular weight excluding hydrogens is 266 g/mol. The smallest absolute Gasteiger partial charge is 0.272 e. The van der Waals surface area contributed by atoms with Gasteiger partial charge in [-0.15, -0.1) is 0 Å². The van der Waals surface area contributed by atoms with Crippen LogP contribution in [-0.2, 0) is 10.0 Å². The molecule has 0 saturated carbocycles. The summed E-state index contributed by atoms with van der Waals surface area (Å²) in [6.45, 7) is 3.16. The lowest BCUT2D eigenvalue weighted by atomic mass is 10.3. The Bertz CT molecular complexity index is 537. The Hall–Kier alpha value is -1.47. The molecule has 7 heteroatoms. The van der Waals surface area contributed by atoms with E-state index in [1.165, 1.54) is 4.31 Å². The molecule has 0 atom stereocenters. The second kappa shape index (κ2) is 5.66. The molecule has 1 saturated heterocycles. The lowest BCUT2D eigenvalue weighted by Crippen LogP contribution is -2.51. The summed E-state index contributed by atoms with van der Waals surface area (Å²) in [6, 6.07) is 5.18. The maximum Gasteiger partial charge on any atom is 0.272 e. The van der Waals surface area contributed by atoms with Crippen LogP contribution >= 0.6 is 0 Å². The highest BCUT2D eigenvalue weighted by molar-refractivity contribution is 7.89. The zero-order valence-electron chi connectivity index (χ0n) is 10.8. The Morgan fingerprint density at radius 3 is 2.47 bits per heavy atom. The molecule has 1 aliphatic rings. The number of carbonyl (C=O) groups is 1. The molecule has 0 N–H and O–H groups in total. The first-order valence-electron chi connectivity index (χ1n) is 6.22. The molecule has 0 radical (unpaired) electrons. The normalized spacial score (nSPS) is 17.4. The number of sulfonamides is 1. The summed E-state index contributed by atoms with van der Waals surface area (Å²) >= 11 is 0. The van der Waals surface area contributed by atoms with Gasteiger partial charge in [0.1, 0.15) is 5.69 Å². The summed E-state index contributed by atoms with van der Waals surface area (Å²) in [5.74, 6) is -0.0459. The number of carbonyl (C=O) groups excluding carboxylic acids is 1. The van der Waals surface area contributed by atoms with Crippen LogP contribution in [-0.4, -0.2) is 60.4 Å². The topological polar surface area (TPSA) is 70.6 Å². The average molecular weight is 283 g/mol. The highest BCUT2D eigenvalue weighted by Gasteiger charge is 2.28.